The highest BCUT2D eigenvalue weighted by atomic mass is 16.5. The number of nitrogen functional groups attached to an aromatic ring is 1. The van der Waals surface area contributed by atoms with Gasteiger partial charge in [0.05, 0.1) is 7.11 Å². The maximum atomic E-state index is 6.76. The molecule has 0 unspecified atom stereocenters. The molecule has 0 heterocycles. The number of rotatable bonds is 2. The summed E-state index contributed by atoms with van der Waals surface area (Å²) in [6, 6.07) is 4.95. The lowest BCUT2D eigenvalue weighted by Crippen LogP contribution is -1.87. The standard InChI is InChI=1S/C7H9N3O/c1-11-7-4-5(8)2-3-6(7)10-9/h2-4,9H,8H2,1H3. The van der Waals surface area contributed by atoms with Gasteiger partial charge in [-0.15, -0.1) is 0 Å². The fraction of sp³-hybridized carbons (Fsp3) is 0.143. The van der Waals surface area contributed by atoms with E-state index in [0.717, 1.165) is 0 Å². The maximum Gasteiger partial charge on any atom is 0.148 e. The first-order valence-electron chi connectivity index (χ1n) is 3.09. The Bertz CT molecular complexity index is 272. The number of anilines is 1. The minimum absolute atomic E-state index is 0.488. The molecule has 0 saturated heterocycles. The molecular weight excluding hydrogens is 142 g/mol. The Morgan fingerprint density at radius 2 is 2.27 bits per heavy atom. The molecule has 1 aromatic carbocycles. The average molecular weight is 151 g/mol. The summed E-state index contributed by atoms with van der Waals surface area (Å²) in [6.45, 7) is 0. The second-order valence-electron chi connectivity index (χ2n) is 2.04. The first kappa shape index (κ1) is 7.53. The summed E-state index contributed by atoms with van der Waals surface area (Å²) in [7, 11) is 1.52. The molecular formula is C7H9N3O. The highest BCUT2D eigenvalue weighted by Gasteiger charge is 1.99. The smallest absolute Gasteiger partial charge is 0.148 e. The number of nitrogens with one attached hydrogen (secondary N) is 1. The van der Waals surface area contributed by atoms with Gasteiger partial charge in [-0.05, 0) is 12.1 Å². The molecule has 58 valence electrons. The van der Waals surface area contributed by atoms with E-state index < -0.39 is 0 Å². The van der Waals surface area contributed by atoms with E-state index >= 15 is 0 Å². The lowest BCUT2D eigenvalue weighted by molar-refractivity contribution is 0.416. The Balaban J connectivity index is 3.16. The van der Waals surface area contributed by atoms with Gasteiger partial charge in [-0.2, -0.15) is 5.11 Å². The van der Waals surface area contributed by atoms with Gasteiger partial charge >= 0.3 is 0 Å². The van der Waals surface area contributed by atoms with E-state index in [2.05, 4.69) is 5.11 Å². The zero-order valence-electron chi connectivity index (χ0n) is 6.16. The van der Waals surface area contributed by atoms with Crippen molar-refractivity contribution >= 4 is 11.4 Å². The van der Waals surface area contributed by atoms with Crippen molar-refractivity contribution in [2.45, 2.75) is 0 Å². The van der Waals surface area contributed by atoms with Crippen LogP contribution in [0, 0.1) is 5.53 Å². The number of hydrogen-bond donors (Lipinski definition) is 2. The van der Waals surface area contributed by atoms with Crippen LogP contribution in [0.4, 0.5) is 11.4 Å². The molecule has 3 N–H and O–H groups in total. The van der Waals surface area contributed by atoms with Crippen LogP contribution in [0.25, 0.3) is 0 Å². The van der Waals surface area contributed by atoms with E-state index in [4.69, 9.17) is 16.0 Å². The summed E-state index contributed by atoms with van der Waals surface area (Å²) < 4.78 is 4.92. The number of nitrogens with zero attached hydrogens (tertiary/aromatic N) is 1. The summed E-state index contributed by atoms with van der Waals surface area (Å²) >= 11 is 0. The number of nitrogens with two attached hydrogens (primary N) is 1. The van der Waals surface area contributed by atoms with Crippen molar-refractivity contribution in [3.8, 4) is 5.75 Å². The first-order chi connectivity index (χ1) is 5.27. The Morgan fingerprint density at radius 1 is 1.55 bits per heavy atom. The molecule has 0 saturated carbocycles. The number of ether oxygens (including phenoxy) is 1. The SMILES string of the molecule is COc1cc(N)ccc1N=N. The molecule has 0 spiro atoms. The largest absolute Gasteiger partial charge is 0.494 e. The Kier molecular flexibility index (Phi) is 2.06. The van der Waals surface area contributed by atoms with Crippen molar-refractivity contribution in [3.05, 3.63) is 18.2 Å². The molecule has 4 nitrogen and oxygen atoms in total. The van der Waals surface area contributed by atoms with E-state index in [9.17, 15) is 0 Å². The van der Waals surface area contributed by atoms with E-state index in [0.29, 0.717) is 17.1 Å². The summed E-state index contributed by atoms with van der Waals surface area (Å²) in [5, 5.41) is 3.25. The zero-order valence-corrected chi connectivity index (χ0v) is 6.16. The summed E-state index contributed by atoms with van der Waals surface area (Å²) in [4.78, 5) is 0. The molecule has 0 atom stereocenters. The predicted octanol–water partition coefficient (Wildman–Crippen LogP) is 1.94. The molecule has 11 heavy (non-hydrogen) atoms. The molecule has 1 rings (SSSR count). The monoisotopic (exact) mass is 151 g/mol. The number of methoxy groups -OCH3 is 1. The van der Waals surface area contributed by atoms with E-state index in [1.54, 1.807) is 18.2 Å². The van der Waals surface area contributed by atoms with Crippen molar-refractivity contribution in [3.63, 3.8) is 0 Å². The van der Waals surface area contributed by atoms with Gasteiger partial charge in [-0.3, -0.25) is 0 Å². The molecule has 0 fully saturated rings. The molecule has 0 amide bonds. The van der Waals surface area contributed by atoms with Crippen LogP contribution in [0.15, 0.2) is 23.3 Å². The molecule has 0 radical (unpaired) electrons. The van der Waals surface area contributed by atoms with Crippen molar-refractivity contribution in [1.29, 1.82) is 5.53 Å². The van der Waals surface area contributed by atoms with Crippen LogP contribution in [0.2, 0.25) is 0 Å². The average Bonchev–Trinajstić information content (AvgIpc) is 2.04. The first-order valence-corrected chi connectivity index (χ1v) is 3.09. The molecule has 1 aromatic rings. The van der Waals surface area contributed by atoms with Crippen molar-refractivity contribution in [1.82, 2.24) is 0 Å². The van der Waals surface area contributed by atoms with Crippen LogP contribution in [-0.2, 0) is 0 Å². The van der Waals surface area contributed by atoms with Gasteiger partial charge in [0.25, 0.3) is 0 Å². The van der Waals surface area contributed by atoms with E-state index in [-0.39, 0.29) is 0 Å². The lowest BCUT2D eigenvalue weighted by atomic mass is 10.2. The number of benzene rings is 1. The molecule has 0 aliphatic rings. The molecule has 0 aliphatic heterocycles. The maximum absolute atomic E-state index is 6.76. The minimum atomic E-state index is 0.488. The molecule has 0 aromatic heterocycles. The van der Waals surface area contributed by atoms with Crippen LogP contribution in [0.1, 0.15) is 0 Å². The topological polar surface area (TPSA) is 71.5 Å². The third-order valence-electron chi connectivity index (χ3n) is 1.32. The summed E-state index contributed by atoms with van der Waals surface area (Å²) in [5.41, 5.74) is 13.3. The molecule has 4 heteroatoms. The highest BCUT2D eigenvalue weighted by Crippen LogP contribution is 2.28. The second-order valence-corrected chi connectivity index (χ2v) is 2.04. The quantitative estimate of drug-likeness (QED) is 0.500. The van der Waals surface area contributed by atoms with E-state index in [1.165, 1.54) is 7.11 Å². The van der Waals surface area contributed by atoms with Gasteiger partial charge in [-0.1, -0.05) is 0 Å². The van der Waals surface area contributed by atoms with Crippen molar-refractivity contribution in [2.75, 3.05) is 12.8 Å². The van der Waals surface area contributed by atoms with Crippen LogP contribution >= 0.6 is 0 Å². The zero-order chi connectivity index (χ0) is 8.27. The van der Waals surface area contributed by atoms with Crippen LogP contribution in [0.3, 0.4) is 0 Å². The van der Waals surface area contributed by atoms with Gasteiger partial charge in [0.2, 0.25) is 0 Å². The Hall–Kier alpha value is -1.58. The number of hydrogen-bond acceptors (Lipinski definition) is 4. The van der Waals surface area contributed by atoms with Gasteiger partial charge in [-0.25, -0.2) is 5.53 Å². The van der Waals surface area contributed by atoms with Crippen molar-refractivity contribution < 1.29 is 4.74 Å². The van der Waals surface area contributed by atoms with Gasteiger partial charge in [0.15, 0.2) is 0 Å². The highest BCUT2D eigenvalue weighted by molar-refractivity contribution is 5.58. The Labute approximate surface area is 64.5 Å². The van der Waals surface area contributed by atoms with Crippen LogP contribution in [-0.4, -0.2) is 7.11 Å². The summed E-state index contributed by atoms with van der Waals surface area (Å²) in [6.07, 6.45) is 0. The van der Waals surface area contributed by atoms with Crippen LogP contribution < -0.4 is 10.5 Å². The second kappa shape index (κ2) is 3.01. The fourth-order valence-corrected chi connectivity index (χ4v) is 0.787. The van der Waals surface area contributed by atoms with Gasteiger partial charge < -0.3 is 10.5 Å². The lowest BCUT2D eigenvalue weighted by Gasteiger charge is -2.02. The van der Waals surface area contributed by atoms with Gasteiger partial charge in [0, 0.05) is 11.8 Å². The normalized spacial score (nSPS) is 9.18. The van der Waals surface area contributed by atoms with E-state index in [1.807, 2.05) is 0 Å². The minimum Gasteiger partial charge on any atom is -0.494 e. The molecule has 0 bridgehead atoms. The fourth-order valence-electron chi connectivity index (χ4n) is 0.787. The third kappa shape index (κ3) is 1.46. The Morgan fingerprint density at radius 3 is 2.82 bits per heavy atom. The predicted molar refractivity (Wildman–Crippen MR) is 42.2 cm³/mol. The van der Waals surface area contributed by atoms with Crippen LogP contribution in [0.5, 0.6) is 5.75 Å². The van der Waals surface area contributed by atoms with Crippen molar-refractivity contribution in [2.24, 2.45) is 5.11 Å². The summed E-state index contributed by atoms with van der Waals surface area (Å²) in [5.74, 6) is 0.528. The van der Waals surface area contributed by atoms with Gasteiger partial charge in [0.1, 0.15) is 11.4 Å². The molecule has 0 aliphatic carbocycles. The third-order valence-corrected chi connectivity index (χ3v) is 1.32.